The van der Waals surface area contributed by atoms with E-state index in [0.29, 0.717) is 18.0 Å². The van der Waals surface area contributed by atoms with Crippen molar-refractivity contribution in [2.75, 3.05) is 26.2 Å². The van der Waals surface area contributed by atoms with Gasteiger partial charge in [-0.25, -0.2) is 4.79 Å². The Morgan fingerprint density at radius 1 is 1.40 bits per heavy atom. The van der Waals surface area contributed by atoms with E-state index in [-0.39, 0.29) is 0 Å². The summed E-state index contributed by atoms with van der Waals surface area (Å²) in [6.45, 7) is 6.48. The minimum Gasteiger partial charge on any atom is -0.478 e. The fourth-order valence-electron chi connectivity index (χ4n) is 4.52. The minimum atomic E-state index is -0.865. The van der Waals surface area contributed by atoms with Gasteiger partial charge in [-0.1, -0.05) is 13.0 Å². The summed E-state index contributed by atoms with van der Waals surface area (Å²) in [5, 5.41) is 21.5. The van der Waals surface area contributed by atoms with Crippen LogP contribution in [0, 0.1) is 5.92 Å². The maximum atomic E-state index is 11.8. The number of hydrogen-bond donors (Lipinski definition) is 3. The zero-order valence-corrected chi connectivity index (χ0v) is 14.7. The number of aromatic carboxylic acids is 1. The lowest BCUT2D eigenvalue weighted by Crippen LogP contribution is -2.56. The molecule has 5 rings (SSSR count). The third-order valence-electron chi connectivity index (χ3n) is 5.92. The molecule has 3 saturated heterocycles. The van der Waals surface area contributed by atoms with E-state index in [4.69, 9.17) is 0 Å². The molecule has 1 atom stereocenters. The molecule has 25 heavy (non-hydrogen) atoms. The highest BCUT2D eigenvalue weighted by atomic mass is 16.4. The molecule has 3 aliphatic rings. The number of carbonyl (C=O) groups is 1. The Labute approximate surface area is 147 Å². The molecule has 4 heterocycles. The lowest BCUT2D eigenvalue weighted by molar-refractivity contribution is 0.0697. The molecular formula is C19H26N4O2. The van der Waals surface area contributed by atoms with Crippen LogP contribution in [0.15, 0.2) is 12.1 Å². The van der Waals surface area contributed by atoms with Crippen LogP contribution in [-0.4, -0.2) is 58.4 Å². The number of rotatable bonds is 6. The lowest BCUT2D eigenvalue weighted by atomic mass is 9.84. The Kier molecular flexibility index (Phi) is 4.48. The largest absolute Gasteiger partial charge is 0.478 e. The standard InChI is InChI=1S/C19H26N4O2/c1-2-12-3-4-14-18(17(12)19(24)25)15(22-21-14)5-8-20-16-11-23-9-6-13(16)7-10-23/h3-4,13,16,20H,2,5-11H2,1H3,(H,21,22)(H,24,25). The number of nitrogens with one attached hydrogen (secondary N) is 2. The number of aromatic nitrogens is 2. The van der Waals surface area contributed by atoms with Gasteiger partial charge in [0.1, 0.15) is 0 Å². The van der Waals surface area contributed by atoms with E-state index >= 15 is 0 Å². The second-order valence-electron chi connectivity index (χ2n) is 7.30. The van der Waals surface area contributed by atoms with Crippen LogP contribution in [0.3, 0.4) is 0 Å². The third-order valence-corrected chi connectivity index (χ3v) is 5.92. The molecule has 6 nitrogen and oxygen atoms in total. The summed E-state index contributed by atoms with van der Waals surface area (Å²) in [5.74, 6) is -0.0692. The maximum absolute atomic E-state index is 11.8. The van der Waals surface area contributed by atoms with Crippen molar-refractivity contribution in [3.8, 4) is 0 Å². The van der Waals surface area contributed by atoms with Gasteiger partial charge in [-0.2, -0.15) is 5.10 Å². The van der Waals surface area contributed by atoms with Crippen LogP contribution in [0.2, 0.25) is 0 Å². The normalized spacial score (nSPS) is 25.6. The Hall–Kier alpha value is -1.92. The molecule has 2 bridgehead atoms. The predicted octanol–water partition coefficient (Wildman–Crippen LogP) is 2.05. The van der Waals surface area contributed by atoms with E-state index < -0.39 is 5.97 Å². The van der Waals surface area contributed by atoms with Crippen LogP contribution in [-0.2, 0) is 12.8 Å². The van der Waals surface area contributed by atoms with Gasteiger partial charge in [-0.05, 0) is 49.9 Å². The van der Waals surface area contributed by atoms with Crippen molar-refractivity contribution in [3.05, 3.63) is 29.0 Å². The number of carboxylic acids is 1. The maximum Gasteiger partial charge on any atom is 0.336 e. The summed E-state index contributed by atoms with van der Waals surface area (Å²) in [7, 11) is 0. The number of fused-ring (bicyclic) bond motifs is 4. The molecule has 1 unspecified atom stereocenters. The van der Waals surface area contributed by atoms with Crippen LogP contribution in [0.25, 0.3) is 10.9 Å². The molecule has 0 aliphatic carbocycles. The first kappa shape index (κ1) is 16.5. The van der Waals surface area contributed by atoms with Crippen molar-refractivity contribution in [1.29, 1.82) is 0 Å². The van der Waals surface area contributed by atoms with Crippen molar-refractivity contribution in [2.45, 2.75) is 38.6 Å². The summed E-state index contributed by atoms with van der Waals surface area (Å²) in [4.78, 5) is 14.3. The fourth-order valence-corrected chi connectivity index (χ4v) is 4.52. The smallest absolute Gasteiger partial charge is 0.336 e. The van der Waals surface area contributed by atoms with Crippen molar-refractivity contribution in [2.24, 2.45) is 5.92 Å². The lowest BCUT2D eigenvalue weighted by Gasteiger charge is -2.45. The molecule has 1 aromatic heterocycles. The topological polar surface area (TPSA) is 81.2 Å². The van der Waals surface area contributed by atoms with E-state index in [9.17, 15) is 9.90 Å². The van der Waals surface area contributed by atoms with Gasteiger partial charge in [0.15, 0.2) is 0 Å². The highest BCUT2D eigenvalue weighted by Crippen LogP contribution is 2.28. The number of aromatic amines is 1. The molecule has 0 spiro atoms. The number of carboxylic acid groups (broad SMARTS) is 1. The van der Waals surface area contributed by atoms with E-state index in [1.54, 1.807) is 0 Å². The summed E-state index contributed by atoms with van der Waals surface area (Å²) in [6.07, 6.45) is 4.08. The molecule has 0 radical (unpaired) electrons. The zero-order valence-electron chi connectivity index (χ0n) is 14.7. The molecule has 3 fully saturated rings. The van der Waals surface area contributed by atoms with Crippen LogP contribution in [0.1, 0.15) is 41.4 Å². The first-order valence-corrected chi connectivity index (χ1v) is 9.35. The van der Waals surface area contributed by atoms with Gasteiger partial charge in [0, 0.05) is 36.6 Å². The number of nitrogens with zero attached hydrogens (tertiary/aromatic N) is 2. The molecule has 134 valence electrons. The number of piperidine rings is 3. The average molecular weight is 342 g/mol. The van der Waals surface area contributed by atoms with E-state index in [2.05, 4.69) is 20.4 Å². The van der Waals surface area contributed by atoms with E-state index in [1.165, 1.54) is 25.9 Å². The number of benzene rings is 1. The van der Waals surface area contributed by atoms with Gasteiger partial charge in [0.05, 0.1) is 11.1 Å². The molecule has 6 heteroatoms. The van der Waals surface area contributed by atoms with Crippen LogP contribution < -0.4 is 5.32 Å². The van der Waals surface area contributed by atoms with Gasteiger partial charge < -0.3 is 15.3 Å². The van der Waals surface area contributed by atoms with Crippen LogP contribution >= 0.6 is 0 Å². The van der Waals surface area contributed by atoms with Crippen molar-refractivity contribution >= 4 is 16.9 Å². The van der Waals surface area contributed by atoms with Gasteiger partial charge in [0.2, 0.25) is 0 Å². The van der Waals surface area contributed by atoms with Crippen LogP contribution in [0.4, 0.5) is 0 Å². The first-order chi connectivity index (χ1) is 12.2. The third kappa shape index (κ3) is 3.04. The predicted molar refractivity (Wildman–Crippen MR) is 97.1 cm³/mol. The van der Waals surface area contributed by atoms with Crippen molar-refractivity contribution < 1.29 is 9.90 Å². The molecule has 2 aromatic rings. The fraction of sp³-hybridized carbons (Fsp3) is 0.579. The Balaban J connectivity index is 1.51. The Bertz CT molecular complexity index is 777. The number of aryl methyl sites for hydroxylation is 1. The van der Waals surface area contributed by atoms with Crippen LogP contribution in [0.5, 0.6) is 0 Å². The minimum absolute atomic E-state index is 0.409. The Morgan fingerprint density at radius 3 is 2.84 bits per heavy atom. The summed E-state index contributed by atoms with van der Waals surface area (Å²) < 4.78 is 0. The van der Waals surface area contributed by atoms with Gasteiger partial charge in [-0.15, -0.1) is 0 Å². The molecule has 0 saturated carbocycles. The van der Waals surface area contributed by atoms with Gasteiger partial charge >= 0.3 is 5.97 Å². The first-order valence-electron chi connectivity index (χ1n) is 9.35. The second kappa shape index (κ2) is 6.77. The number of hydrogen-bond acceptors (Lipinski definition) is 4. The molecule has 0 amide bonds. The zero-order chi connectivity index (χ0) is 17.4. The van der Waals surface area contributed by atoms with Gasteiger partial charge in [-0.3, -0.25) is 5.10 Å². The highest BCUT2D eigenvalue weighted by Gasteiger charge is 2.33. The summed E-state index contributed by atoms with van der Waals surface area (Å²) >= 11 is 0. The Morgan fingerprint density at radius 2 is 2.20 bits per heavy atom. The molecular weight excluding hydrogens is 316 g/mol. The van der Waals surface area contributed by atoms with Crippen molar-refractivity contribution in [3.63, 3.8) is 0 Å². The summed E-state index contributed by atoms with van der Waals surface area (Å²) in [6, 6.07) is 4.37. The van der Waals surface area contributed by atoms with Crippen molar-refractivity contribution in [1.82, 2.24) is 20.4 Å². The SMILES string of the molecule is CCc1ccc2n[nH]c(CCNC3CN4CCC3CC4)c2c1C(=O)O. The average Bonchev–Trinajstić information content (AvgIpc) is 3.05. The molecule has 3 aliphatic heterocycles. The van der Waals surface area contributed by atoms with E-state index in [0.717, 1.165) is 47.6 Å². The summed E-state index contributed by atoms with van der Waals surface area (Å²) in [5.41, 5.74) is 2.95. The number of H-pyrrole nitrogens is 1. The van der Waals surface area contributed by atoms with Gasteiger partial charge in [0.25, 0.3) is 0 Å². The van der Waals surface area contributed by atoms with E-state index in [1.807, 2.05) is 19.1 Å². The quantitative estimate of drug-likeness (QED) is 0.749. The highest BCUT2D eigenvalue weighted by molar-refractivity contribution is 6.05. The second-order valence-corrected chi connectivity index (χ2v) is 7.30. The monoisotopic (exact) mass is 342 g/mol. The molecule has 3 N–H and O–H groups in total. The molecule has 1 aromatic carbocycles.